The van der Waals surface area contributed by atoms with Crippen LogP contribution in [-0.4, -0.2) is 21.0 Å². The number of rotatable bonds is 2. The van der Waals surface area contributed by atoms with Crippen LogP contribution in [0.4, 0.5) is 5.69 Å². The normalized spacial score (nSPS) is 19.4. The van der Waals surface area contributed by atoms with Crippen molar-refractivity contribution in [2.24, 2.45) is 0 Å². The molecule has 1 unspecified atom stereocenters. The summed E-state index contributed by atoms with van der Waals surface area (Å²) >= 11 is 1.26. The van der Waals surface area contributed by atoms with E-state index in [9.17, 15) is 8.42 Å². The molecule has 0 spiro atoms. The molecule has 1 aromatic heterocycles. The molecule has 1 aliphatic rings. The van der Waals surface area contributed by atoms with Crippen LogP contribution in [0.2, 0.25) is 0 Å². The molecule has 3 rings (SSSR count). The molecule has 0 radical (unpaired) electrons. The molecule has 0 fully saturated rings. The summed E-state index contributed by atoms with van der Waals surface area (Å²) in [4.78, 5) is 0. The van der Waals surface area contributed by atoms with Crippen LogP contribution in [-0.2, 0) is 16.6 Å². The second kappa shape index (κ2) is 5.20. The standard InChI is InChI=1S/C14H16N2O2S2/c1-11-10-16(20(17,18)14-7-4-8-19-14)13-6-3-2-5-12(13)9-15-11/h2-8,11,15H,9-10H2,1H3. The van der Waals surface area contributed by atoms with Gasteiger partial charge in [0.05, 0.1) is 5.69 Å². The van der Waals surface area contributed by atoms with Gasteiger partial charge in [0.15, 0.2) is 0 Å². The Hall–Kier alpha value is -1.37. The lowest BCUT2D eigenvalue weighted by Gasteiger charge is -2.25. The molecule has 1 aliphatic heterocycles. The van der Waals surface area contributed by atoms with Gasteiger partial charge >= 0.3 is 0 Å². The number of nitrogens with zero attached hydrogens (tertiary/aromatic N) is 1. The Bertz CT molecular complexity index is 696. The minimum atomic E-state index is -3.48. The van der Waals surface area contributed by atoms with Crippen LogP contribution in [0.25, 0.3) is 0 Å². The number of anilines is 1. The van der Waals surface area contributed by atoms with E-state index in [1.807, 2.05) is 31.2 Å². The largest absolute Gasteiger partial charge is 0.308 e. The third-order valence-electron chi connectivity index (χ3n) is 3.38. The van der Waals surface area contributed by atoms with Gasteiger partial charge in [0.2, 0.25) is 0 Å². The number of para-hydroxylation sites is 1. The second-order valence-electron chi connectivity index (χ2n) is 4.88. The summed E-state index contributed by atoms with van der Waals surface area (Å²) in [5, 5.41) is 5.14. The van der Waals surface area contributed by atoms with Crippen molar-refractivity contribution in [2.45, 2.75) is 23.7 Å². The van der Waals surface area contributed by atoms with E-state index in [-0.39, 0.29) is 6.04 Å². The number of hydrogen-bond acceptors (Lipinski definition) is 4. The molecule has 1 N–H and O–H groups in total. The zero-order valence-corrected chi connectivity index (χ0v) is 12.7. The van der Waals surface area contributed by atoms with Gasteiger partial charge < -0.3 is 5.32 Å². The van der Waals surface area contributed by atoms with Gasteiger partial charge in [-0.25, -0.2) is 8.42 Å². The molecule has 0 amide bonds. The molecule has 2 aromatic rings. The van der Waals surface area contributed by atoms with Crippen LogP contribution < -0.4 is 9.62 Å². The van der Waals surface area contributed by atoms with E-state index >= 15 is 0 Å². The number of fused-ring (bicyclic) bond motifs is 1. The van der Waals surface area contributed by atoms with E-state index in [1.54, 1.807) is 17.5 Å². The van der Waals surface area contributed by atoms with Crippen molar-refractivity contribution in [1.29, 1.82) is 0 Å². The number of thiophene rings is 1. The first-order valence-corrected chi connectivity index (χ1v) is 8.78. The van der Waals surface area contributed by atoms with Crippen LogP contribution in [0, 0.1) is 0 Å². The third kappa shape index (κ3) is 2.34. The van der Waals surface area contributed by atoms with Crippen molar-refractivity contribution in [3.05, 3.63) is 47.3 Å². The van der Waals surface area contributed by atoms with E-state index in [0.29, 0.717) is 17.3 Å². The number of nitrogens with one attached hydrogen (secondary N) is 1. The van der Waals surface area contributed by atoms with E-state index in [4.69, 9.17) is 0 Å². The molecule has 1 atom stereocenters. The molecule has 1 aromatic carbocycles. The van der Waals surface area contributed by atoms with Crippen molar-refractivity contribution >= 4 is 27.0 Å². The first-order chi connectivity index (χ1) is 9.59. The van der Waals surface area contributed by atoms with Gasteiger partial charge in [-0.15, -0.1) is 11.3 Å². The lowest BCUT2D eigenvalue weighted by Crippen LogP contribution is -2.39. The summed E-state index contributed by atoms with van der Waals surface area (Å²) in [7, 11) is -3.48. The average molecular weight is 308 g/mol. The molecular formula is C14H16N2O2S2. The van der Waals surface area contributed by atoms with Crippen molar-refractivity contribution in [3.8, 4) is 0 Å². The first-order valence-electron chi connectivity index (χ1n) is 6.46. The van der Waals surface area contributed by atoms with E-state index in [0.717, 1.165) is 11.3 Å². The van der Waals surface area contributed by atoms with Crippen molar-refractivity contribution in [1.82, 2.24) is 5.32 Å². The fraction of sp³-hybridized carbons (Fsp3) is 0.286. The second-order valence-corrected chi connectivity index (χ2v) is 7.92. The van der Waals surface area contributed by atoms with Crippen LogP contribution in [0.1, 0.15) is 12.5 Å². The maximum atomic E-state index is 12.8. The first kappa shape index (κ1) is 13.6. The van der Waals surface area contributed by atoms with Gasteiger partial charge in [-0.1, -0.05) is 24.3 Å². The maximum Gasteiger partial charge on any atom is 0.273 e. The summed E-state index contributed by atoms with van der Waals surface area (Å²) in [6.45, 7) is 3.13. The molecule has 0 saturated carbocycles. The van der Waals surface area contributed by atoms with E-state index in [1.165, 1.54) is 15.6 Å². The molecule has 106 valence electrons. The number of sulfonamides is 1. The topological polar surface area (TPSA) is 49.4 Å². The fourth-order valence-corrected chi connectivity index (χ4v) is 5.04. The smallest absolute Gasteiger partial charge is 0.273 e. The SMILES string of the molecule is CC1CN(S(=O)(=O)c2cccs2)c2ccccc2CN1. The van der Waals surface area contributed by atoms with Crippen LogP contribution in [0.3, 0.4) is 0 Å². The van der Waals surface area contributed by atoms with Crippen molar-refractivity contribution in [2.75, 3.05) is 10.8 Å². The van der Waals surface area contributed by atoms with Crippen LogP contribution in [0.5, 0.6) is 0 Å². The third-order valence-corrected chi connectivity index (χ3v) is 6.53. The van der Waals surface area contributed by atoms with Crippen LogP contribution in [0.15, 0.2) is 46.0 Å². The summed E-state index contributed by atoms with van der Waals surface area (Å²) < 4.78 is 27.6. The van der Waals surface area contributed by atoms with Crippen LogP contribution >= 0.6 is 11.3 Å². The number of benzene rings is 1. The van der Waals surface area contributed by atoms with Gasteiger partial charge in [0.25, 0.3) is 10.0 Å². The highest BCUT2D eigenvalue weighted by atomic mass is 32.2. The molecule has 2 heterocycles. The summed E-state index contributed by atoms with van der Waals surface area (Å²) in [5.74, 6) is 0. The fourth-order valence-electron chi connectivity index (χ4n) is 2.35. The monoisotopic (exact) mass is 308 g/mol. The molecule has 0 saturated heterocycles. The highest BCUT2D eigenvalue weighted by molar-refractivity contribution is 7.94. The number of hydrogen-bond donors (Lipinski definition) is 1. The van der Waals surface area contributed by atoms with Crippen molar-refractivity contribution in [3.63, 3.8) is 0 Å². The van der Waals surface area contributed by atoms with Gasteiger partial charge in [0, 0.05) is 19.1 Å². The minimum absolute atomic E-state index is 0.108. The Kier molecular flexibility index (Phi) is 3.54. The Morgan fingerprint density at radius 1 is 1.25 bits per heavy atom. The minimum Gasteiger partial charge on any atom is -0.308 e. The maximum absolute atomic E-state index is 12.8. The Morgan fingerprint density at radius 3 is 2.80 bits per heavy atom. The van der Waals surface area contributed by atoms with Gasteiger partial charge in [0.1, 0.15) is 4.21 Å². The lowest BCUT2D eigenvalue weighted by atomic mass is 10.2. The highest BCUT2D eigenvalue weighted by Crippen LogP contribution is 2.30. The lowest BCUT2D eigenvalue weighted by molar-refractivity contribution is 0.557. The zero-order chi connectivity index (χ0) is 14.2. The zero-order valence-electron chi connectivity index (χ0n) is 11.1. The Morgan fingerprint density at radius 2 is 2.05 bits per heavy atom. The summed E-state index contributed by atoms with van der Waals surface area (Å²) in [5.41, 5.74) is 1.79. The predicted molar refractivity (Wildman–Crippen MR) is 81.6 cm³/mol. The highest BCUT2D eigenvalue weighted by Gasteiger charge is 2.30. The van der Waals surface area contributed by atoms with Gasteiger partial charge in [-0.2, -0.15) is 0 Å². The van der Waals surface area contributed by atoms with Gasteiger partial charge in [-0.3, -0.25) is 4.31 Å². The van der Waals surface area contributed by atoms with Crippen molar-refractivity contribution < 1.29 is 8.42 Å². The quantitative estimate of drug-likeness (QED) is 0.927. The molecule has 4 nitrogen and oxygen atoms in total. The molecule has 20 heavy (non-hydrogen) atoms. The summed E-state index contributed by atoms with van der Waals surface area (Å²) in [6, 6.07) is 11.2. The Balaban J connectivity index is 2.12. The predicted octanol–water partition coefficient (Wildman–Crippen LogP) is 2.44. The molecule has 0 aliphatic carbocycles. The van der Waals surface area contributed by atoms with E-state index < -0.39 is 10.0 Å². The van der Waals surface area contributed by atoms with E-state index in [2.05, 4.69) is 5.32 Å². The molecule has 0 bridgehead atoms. The summed E-state index contributed by atoms with van der Waals surface area (Å²) in [6.07, 6.45) is 0. The Labute approximate surface area is 123 Å². The molecule has 6 heteroatoms. The van der Waals surface area contributed by atoms with Gasteiger partial charge in [-0.05, 0) is 30.0 Å². The molecular weight excluding hydrogens is 292 g/mol. The average Bonchev–Trinajstić information content (AvgIpc) is 2.92.